The molecule has 1 aliphatic rings. The molecule has 22 heavy (non-hydrogen) atoms. The summed E-state index contributed by atoms with van der Waals surface area (Å²) in [5, 5.41) is 0.714. The van der Waals surface area contributed by atoms with Crippen molar-refractivity contribution in [1.29, 1.82) is 0 Å². The summed E-state index contributed by atoms with van der Waals surface area (Å²) in [7, 11) is 0. The van der Waals surface area contributed by atoms with Gasteiger partial charge in [-0.05, 0) is 31.0 Å². The maximum absolute atomic E-state index is 14.3. The van der Waals surface area contributed by atoms with E-state index in [1.54, 1.807) is 30.3 Å². The molecule has 4 nitrogen and oxygen atoms in total. The third kappa shape index (κ3) is 2.09. The molecule has 4 rings (SSSR count). The van der Waals surface area contributed by atoms with Crippen LogP contribution >= 0.6 is 0 Å². The molecular formula is C17H14FNO3. The van der Waals surface area contributed by atoms with Crippen LogP contribution in [0.25, 0.3) is 21.9 Å². The largest absolute Gasteiger partial charge is 0.451 e. The topological polar surface area (TPSA) is 52.3 Å². The number of ether oxygens (including phenoxy) is 1. The first-order valence-corrected chi connectivity index (χ1v) is 7.34. The Morgan fingerprint density at radius 3 is 2.73 bits per heavy atom. The summed E-state index contributed by atoms with van der Waals surface area (Å²) in [6.45, 7) is 1.27. The highest BCUT2D eigenvalue weighted by molar-refractivity contribution is 5.89. The van der Waals surface area contributed by atoms with Gasteiger partial charge in [-0.15, -0.1) is 0 Å². The Hall–Kier alpha value is -2.27. The fraction of sp³-hybridized carbons (Fsp3) is 0.294. The Morgan fingerprint density at radius 2 is 1.91 bits per heavy atom. The van der Waals surface area contributed by atoms with Crippen LogP contribution in [-0.4, -0.2) is 18.2 Å². The minimum Gasteiger partial charge on any atom is -0.451 e. The van der Waals surface area contributed by atoms with Crippen LogP contribution in [0.4, 0.5) is 4.39 Å². The monoisotopic (exact) mass is 299 g/mol. The van der Waals surface area contributed by atoms with Crippen LogP contribution in [0.3, 0.4) is 0 Å². The zero-order valence-electron chi connectivity index (χ0n) is 11.8. The Bertz CT molecular complexity index is 913. The van der Waals surface area contributed by atoms with E-state index >= 15 is 0 Å². The average Bonchev–Trinajstić information content (AvgIpc) is 2.57. The van der Waals surface area contributed by atoms with E-state index in [9.17, 15) is 9.18 Å². The van der Waals surface area contributed by atoms with Gasteiger partial charge in [-0.1, -0.05) is 12.1 Å². The summed E-state index contributed by atoms with van der Waals surface area (Å²) in [4.78, 5) is 16.6. The second-order valence-electron chi connectivity index (χ2n) is 5.53. The molecule has 2 aromatic heterocycles. The van der Waals surface area contributed by atoms with Crippen molar-refractivity contribution in [3.05, 3.63) is 52.2 Å². The van der Waals surface area contributed by atoms with E-state index in [-0.39, 0.29) is 22.3 Å². The number of benzene rings is 1. The first-order valence-electron chi connectivity index (χ1n) is 7.34. The van der Waals surface area contributed by atoms with Gasteiger partial charge in [0.1, 0.15) is 5.58 Å². The third-order valence-electron chi connectivity index (χ3n) is 4.18. The Labute approximate surface area is 125 Å². The van der Waals surface area contributed by atoms with E-state index in [1.165, 1.54) is 0 Å². The van der Waals surface area contributed by atoms with E-state index in [4.69, 9.17) is 9.15 Å². The molecule has 0 atom stereocenters. The number of hydrogen-bond donors (Lipinski definition) is 0. The van der Waals surface area contributed by atoms with Crippen LogP contribution in [0.1, 0.15) is 24.5 Å². The van der Waals surface area contributed by atoms with Crippen LogP contribution in [0.5, 0.6) is 0 Å². The molecule has 112 valence electrons. The molecule has 0 amide bonds. The number of nitrogens with zero attached hydrogens (tertiary/aromatic N) is 1. The van der Waals surface area contributed by atoms with Gasteiger partial charge in [-0.3, -0.25) is 4.79 Å². The maximum Gasteiger partial charge on any atom is 0.256 e. The number of pyridine rings is 1. The van der Waals surface area contributed by atoms with Crippen LogP contribution in [0.15, 0.2) is 39.5 Å². The number of rotatable bonds is 1. The van der Waals surface area contributed by atoms with Gasteiger partial charge in [0.2, 0.25) is 5.43 Å². The predicted molar refractivity (Wildman–Crippen MR) is 80.5 cm³/mol. The minimum atomic E-state index is -0.721. The molecule has 0 aliphatic carbocycles. The molecule has 0 bridgehead atoms. The molecule has 0 N–H and O–H groups in total. The van der Waals surface area contributed by atoms with Crippen molar-refractivity contribution in [3.63, 3.8) is 0 Å². The quantitative estimate of drug-likeness (QED) is 0.510. The molecule has 1 saturated heterocycles. The molecule has 0 unspecified atom stereocenters. The van der Waals surface area contributed by atoms with Gasteiger partial charge in [0.05, 0.1) is 10.8 Å². The van der Waals surface area contributed by atoms with Gasteiger partial charge < -0.3 is 9.15 Å². The third-order valence-corrected chi connectivity index (χ3v) is 4.18. The fourth-order valence-electron chi connectivity index (χ4n) is 2.99. The predicted octanol–water partition coefficient (Wildman–Crippen LogP) is 3.37. The van der Waals surface area contributed by atoms with E-state index in [2.05, 4.69) is 4.98 Å². The lowest BCUT2D eigenvalue weighted by molar-refractivity contribution is 0.0843. The first kappa shape index (κ1) is 13.4. The lowest BCUT2D eigenvalue weighted by Gasteiger charge is -2.21. The lowest BCUT2D eigenvalue weighted by atomic mass is 9.95. The SMILES string of the molecule is O=c1c2ccccc2oc2c(F)nc(C3CCOCC3)cc12. The molecule has 0 saturated carbocycles. The summed E-state index contributed by atoms with van der Waals surface area (Å²) in [5.41, 5.74) is 0.696. The van der Waals surface area contributed by atoms with Crippen molar-refractivity contribution in [2.24, 2.45) is 0 Å². The minimum absolute atomic E-state index is 0.0699. The number of aromatic nitrogens is 1. The van der Waals surface area contributed by atoms with Crippen LogP contribution in [0, 0.1) is 5.95 Å². The summed E-state index contributed by atoms with van der Waals surface area (Å²) >= 11 is 0. The highest BCUT2D eigenvalue weighted by Gasteiger charge is 2.21. The zero-order valence-corrected chi connectivity index (χ0v) is 11.8. The smallest absolute Gasteiger partial charge is 0.256 e. The standard InChI is InChI=1S/C17H14FNO3/c18-17-16-12(9-13(19-17)10-5-7-21-8-6-10)15(20)11-3-1-2-4-14(11)22-16/h1-4,9-10H,5-8H2. The summed E-state index contributed by atoms with van der Waals surface area (Å²) < 4.78 is 25.2. The average molecular weight is 299 g/mol. The number of fused-ring (bicyclic) bond motifs is 2. The molecule has 3 heterocycles. The molecule has 0 spiro atoms. The molecule has 1 aromatic carbocycles. The second-order valence-corrected chi connectivity index (χ2v) is 5.53. The van der Waals surface area contributed by atoms with Crippen LogP contribution in [0.2, 0.25) is 0 Å². The molecule has 1 fully saturated rings. The second kappa shape index (κ2) is 5.18. The normalized spacial score (nSPS) is 16.4. The Morgan fingerprint density at radius 1 is 1.14 bits per heavy atom. The molecular weight excluding hydrogens is 285 g/mol. The fourth-order valence-corrected chi connectivity index (χ4v) is 2.99. The maximum atomic E-state index is 14.3. The lowest BCUT2D eigenvalue weighted by Crippen LogP contribution is -2.16. The van der Waals surface area contributed by atoms with Crippen LogP contribution < -0.4 is 5.43 Å². The van der Waals surface area contributed by atoms with Crippen molar-refractivity contribution in [2.75, 3.05) is 13.2 Å². The molecule has 5 heteroatoms. The molecule has 0 radical (unpaired) electrons. The summed E-state index contributed by atoms with van der Waals surface area (Å²) in [5.74, 6) is -0.597. The van der Waals surface area contributed by atoms with Crippen molar-refractivity contribution < 1.29 is 13.5 Å². The van der Waals surface area contributed by atoms with Crippen molar-refractivity contribution in [2.45, 2.75) is 18.8 Å². The van der Waals surface area contributed by atoms with Gasteiger partial charge in [-0.25, -0.2) is 4.98 Å². The highest BCUT2D eigenvalue weighted by Crippen LogP contribution is 2.28. The van der Waals surface area contributed by atoms with Gasteiger partial charge in [0.25, 0.3) is 5.95 Å². The van der Waals surface area contributed by atoms with Crippen molar-refractivity contribution in [1.82, 2.24) is 4.98 Å². The summed E-state index contributed by atoms with van der Waals surface area (Å²) in [6, 6.07) is 8.53. The Kier molecular flexibility index (Phi) is 3.15. The zero-order chi connectivity index (χ0) is 15.1. The van der Waals surface area contributed by atoms with E-state index < -0.39 is 5.95 Å². The highest BCUT2D eigenvalue weighted by atomic mass is 19.1. The van der Waals surface area contributed by atoms with Gasteiger partial charge in [-0.2, -0.15) is 4.39 Å². The summed E-state index contributed by atoms with van der Waals surface area (Å²) in [6.07, 6.45) is 1.58. The van der Waals surface area contributed by atoms with Gasteiger partial charge in [0, 0.05) is 24.8 Å². The molecule has 3 aromatic rings. The first-order chi connectivity index (χ1) is 10.7. The number of hydrogen-bond acceptors (Lipinski definition) is 4. The van der Waals surface area contributed by atoms with Crippen molar-refractivity contribution >= 4 is 21.9 Å². The van der Waals surface area contributed by atoms with Crippen molar-refractivity contribution in [3.8, 4) is 0 Å². The number of para-hydroxylation sites is 1. The number of halogens is 1. The van der Waals surface area contributed by atoms with E-state index in [0.29, 0.717) is 29.9 Å². The molecule has 1 aliphatic heterocycles. The Balaban J connectivity index is 1.98. The van der Waals surface area contributed by atoms with Gasteiger partial charge >= 0.3 is 0 Å². The van der Waals surface area contributed by atoms with Gasteiger partial charge in [0.15, 0.2) is 5.58 Å². The van der Waals surface area contributed by atoms with Crippen LogP contribution in [-0.2, 0) is 4.74 Å². The van der Waals surface area contributed by atoms with E-state index in [0.717, 1.165) is 12.8 Å². The van der Waals surface area contributed by atoms with E-state index in [1.807, 2.05) is 0 Å².